The summed E-state index contributed by atoms with van der Waals surface area (Å²) in [4.78, 5) is 12.5. The molecule has 6 N–H and O–H groups in total. The molecule has 0 aromatic rings. The van der Waals surface area contributed by atoms with Crippen LogP contribution in [0.4, 0.5) is 0 Å². The predicted octanol–water partition coefficient (Wildman–Crippen LogP) is 2.87. The molecular formula is C29H53NO8. The second-order valence-corrected chi connectivity index (χ2v) is 10.2. The van der Waals surface area contributed by atoms with Gasteiger partial charge in [0, 0.05) is 6.42 Å². The summed E-state index contributed by atoms with van der Waals surface area (Å²) >= 11 is 0. The maximum atomic E-state index is 12.5. The van der Waals surface area contributed by atoms with Gasteiger partial charge in [-0.05, 0) is 32.1 Å². The molecule has 7 unspecified atom stereocenters. The van der Waals surface area contributed by atoms with Crippen LogP contribution in [0, 0.1) is 0 Å². The van der Waals surface area contributed by atoms with Gasteiger partial charge < -0.3 is 40.3 Å². The number of ether oxygens (including phenoxy) is 2. The minimum Gasteiger partial charge on any atom is -0.394 e. The summed E-state index contributed by atoms with van der Waals surface area (Å²) in [7, 11) is 0. The van der Waals surface area contributed by atoms with Crippen molar-refractivity contribution in [1.29, 1.82) is 0 Å². The highest BCUT2D eigenvalue weighted by Crippen LogP contribution is 2.22. The van der Waals surface area contributed by atoms with E-state index in [-0.39, 0.29) is 12.5 Å². The third-order valence-corrected chi connectivity index (χ3v) is 6.78. The number of allylic oxidation sites excluding steroid dienone is 3. The number of carbonyl (C=O) groups is 1. The summed E-state index contributed by atoms with van der Waals surface area (Å²) in [5.74, 6) is -0.206. The van der Waals surface area contributed by atoms with Gasteiger partial charge in [-0.3, -0.25) is 4.79 Å². The third-order valence-electron chi connectivity index (χ3n) is 6.78. The van der Waals surface area contributed by atoms with E-state index in [1.54, 1.807) is 6.08 Å². The summed E-state index contributed by atoms with van der Waals surface area (Å²) in [5.41, 5.74) is 0. The summed E-state index contributed by atoms with van der Waals surface area (Å²) < 4.78 is 11.0. The molecule has 1 aliphatic rings. The Kier molecular flexibility index (Phi) is 19.6. The van der Waals surface area contributed by atoms with Gasteiger partial charge in [0.15, 0.2) is 6.29 Å². The predicted molar refractivity (Wildman–Crippen MR) is 147 cm³/mol. The zero-order chi connectivity index (χ0) is 28.2. The molecule has 0 spiro atoms. The summed E-state index contributed by atoms with van der Waals surface area (Å²) in [5, 5.41) is 53.2. The Morgan fingerprint density at radius 3 is 2.18 bits per heavy atom. The number of unbranched alkanes of at least 4 members (excludes halogenated alkanes) is 9. The van der Waals surface area contributed by atoms with E-state index in [9.17, 15) is 30.3 Å². The molecule has 1 aliphatic heterocycles. The molecular weight excluding hydrogens is 490 g/mol. The molecule has 1 amide bonds. The van der Waals surface area contributed by atoms with E-state index < -0.39 is 49.5 Å². The smallest absolute Gasteiger partial charge is 0.220 e. The summed E-state index contributed by atoms with van der Waals surface area (Å²) in [6.07, 6.45) is 12.7. The highest BCUT2D eigenvalue weighted by atomic mass is 16.7. The Morgan fingerprint density at radius 1 is 0.868 bits per heavy atom. The maximum absolute atomic E-state index is 12.5. The van der Waals surface area contributed by atoms with E-state index in [1.807, 2.05) is 6.08 Å². The first-order chi connectivity index (χ1) is 18.3. The van der Waals surface area contributed by atoms with Gasteiger partial charge in [-0.15, -0.1) is 0 Å². The first-order valence-corrected chi connectivity index (χ1v) is 14.6. The first-order valence-electron chi connectivity index (χ1n) is 14.6. The summed E-state index contributed by atoms with van der Waals surface area (Å²) in [6.45, 7) is 3.56. The fraction of sp³-hybridized carbons (Fsp3) is 0.828. The van der Waals surface area contributed by atoms with Gasteiger partial charge in [-0.2, -0.15) is 0 Å². The SMILES string of the molecule is CCCCCC/C=C/CC/C=C/C(O)C(COC1OC(CO)C(O)C(O)C1O)NC(=O)CCCCCCC. The van der Waals surface area contributed by atoms with Crippen molar-refractivity contribution in [2.24, 2.45) is 0 Å². The lowest BCUT2D eigenvalue weighted by Crippen LogP contribution is -2.60. The van der Waals surface area contributed by atoms with Crippen LogP contribution in [0.25, 0.3) is 0 Å². The van der Waals surface area contributed by atoms with E-state index in [4.69, 9.17) is 9.47 Å². The van der Waals surface area contributed by atoms with Crippen molar-refractivity contribution in [2.45, 2.75) is 140 Å². The van der Waals surface area contributed by atoms with E-state index in [0.29, 0.717) is 6.42 Å². The lowest BCUT2D eigenvalue weighted by atomic mass is 9.99. The number of aliphatic hydroxyl groups is 5. The number of aliphatic hydroxyl groups excluding tert-OH is 5. The normalized spacial score (nSPS) is 25.7. The van der Waals surface area contributed by atoms with Crippen molar-refractivity contribution in [3.63, 3.8) is 0 Å². The maximum Gasteiger partial charge on any atom is 0.220 e. The van der Waals surface area contributed by atoms with Crippen LogP contribution in [0.15, 0.2) is 24.3 Å². The molecule has 7 atom stereocenters. The molecule has 1 fully saturated rings. The van der Waals surface area contributed by atoms with Crippen molar-refractivity contribution < 1.29 is 39.8 Å². The molecule has 0 bridgehead atoms. The number of carbonyl (C=O) groups excluding carboxylic acids is 1. The van der Waals surface area contributed by atoms with Crippen LogP contribution in [0.1, 0.15) is 97.3 Å². The van der Waals surface area contributed by atoms with Crippen LogP contribution >= 0.6 is 0 Å². The molecule has 9 heteroatoms. The van der Waals surface area contributed by atoms with Gasteiger partial charge in [0.1, 0.15) is 24.4 Å². The standard InChI is InChI=1S/C29H53NO8/c1-3-5-7-9-10-11-12-13-15-16-18-23(32)22(30-25(33)19-17-14-8-6-4-2)21-37-29-28(36)27(35)26(34)24(20-31)38-29/h11-12,16,18,22-24,26-29,31-32,34-36H,3-10,13-15,17,19-21H2,1-2H3,(H,30,33)/b12-11+,18-16+. The van der Waals surface area contributed by atoms with Crippen molar-refractivity contribution in [3.8, 4) is 0 Å². The summed E-state index contributed by atoms with van der Waals surface area (Å²) in [6, 6.07) is -0.809. The van der Waals surface area contributed by atoms with Crippen molar-refractivity contribution in [1.82, 2.24) is 5.32 Å². The molecule has 1 rings (SSSR count). The number of hydrogen-bond donors (Lipinski definition) is 6. The Hall–Kier alpha value is -1.33. The molecule has 1 heterocycles. The molecule has 222 valence electrons. The van der Waals surface area contributed by atoms with Gasteiger partial charge in [0.05, 0.1) is 25.4 Å². The Morgan fingerprint density at radius 2 is 1.50 bits per heavy atom. The molecule has 1 saturated heterocycles. The van der Waals surface area contributed by atoms with Gasteiger partial charge in [0.2, 0.25) is 5.91 Å². The number of nitrogens with one attached hydrogen (secondary N) is 1. The van der Waals surface area contributed by atoms with Crippen LogP contribution in [0.2, 0.25) is 0 Å². The number of hydrogen-bond acceptors (Lipinski definition) is 8. The monoisotopic (exact) mass is 543 g/mol. The van der Waals surface area contributed by atoms with Crippen molar-refractivity contribution in [3.05, 3.63) is 24.3 Å². The average Bonchev–Trinajstić information content (AvgIpc) is 2.91. The van der Waals surface area contributed by atoms with Crippen LogP contribution in [0.5, 0.6) is 0 Å². The lowest BCUT2D eigenvalue weighted by molar-refractivity contribution is -0.302. The van der Waals surface area contributed by atoms with E-state index in [0.717, 1.165) is 51.4 Å². The number of amides is 1. The Balaban J connectivity index is 2.63. The van der Waals surface area contributed by atoms with Gasteiger partial charge in [0.25, 0.3) is 0 Å². The highest BCUT2D eigenvalue weighted by molar-refractivity contribution is 5.76. The molecule has 0 aromatic carbocycles. The van der Waals surface area contributed by atoms with Gasteiger partial charge >= 0.3 is 0 Å². The third kappa shape index (κ3) is 14.2. The molecule has 9 nitrogen and oxygen atoms in total. The Labute approximate surface area is 228 Å². The van der Waals surface area contributed by atoms with E-state index in [1.165, 1.54) is 25.7 Å². The van der Waals surface area contributed by atoms with E-state index >= 15 is 0 Å². The van der Waals surface area contributed by atoms with Crippen molar-refractivity contribution >= 4 is 5.91 Å². The fourth-order valence-electron chi connectivity index (χ4n) is 4.28. The largest absolute Gasteiger partial charge is 0.394 e. The van der Waals surface area contributed by atoms with Crippen LogP contribution in [-0.4, -0.2) is 87.5 Å². The van der Waals surface area contributed by atoms with Crippen LogP contribution in [-0.2, 0) is 14.3 Å². The van der Waals surface area contributed by atoms with E-state index in [2.05, 4.69) is 31.3 Å². The second kappa shape index (κ2) is 21.5. The molecule has 38 heavy (non-hydrogen) atoms. The molecule has 0 aromatic heterocycles. The van der Waals surface area contributed by atoms with Crippen molar-refractivity contribution in [2.75, 3.05) is 13.2 Å². The van der Waals surface area contributed by atoms with Gasteiger partial charge in [-0.1, -0.05) is 83.1 Å². The minimum absolute atomic E-state index is 0.201. The van der Waals surface area contributed by atoms with Crippen LogP contribution < -0.4 is 5.32 Å². The fourth-order valence-corrected chi connectivity index (χ4v) is 4.28. The topological polar surface area (TPSA) is 149 Å². The lowest BCUT2D eigenvalue weighted by Gasteiger charge is -2.40. The number of rotatable bonds is 21. The first kappa shape index (κ1) is 34.7. The van der Waals surface area contributed by atoms with Crippen LogP contribution in [0.3, 0.4) is 0 Å². The highest BCUT2D eigenvalue weighted by Gasteiger charge is 2.44. The minimum atomic E-state index is -1.56. The molecule has 0 radical (unpaired) electrons. The second-order valence-electron chi connectivity index (χ2n) is 10.2. The quantitative estimate of drug-likeness (QED) is 0.0956. The molecule has 0 saturated carbocycles. The average molecular weight is 544 g/mol. The Bertz CT molecular complexity index is 656. The molecule has 0 aliphatic carbocycles. The zero-order valence-corrected chi connectivity index (χ0v) is 23.4. The zero-order valence-electron chi connectivity index (χ0n) is 23.4. The van der Waals surface area contributed by atoms with Gasteiger partial charge in [-0.25, -0.2) is 0 Å².